The van der Waals surface area contributed by atoms with E-state index in [0.717, 1.165) is 31.7 Å². The SMILES string of the molecule is CC(C)CCNc1cnnc(NCCc2c[nH]c3ccccc23)n1. The van der Waals surface area contributed by atoms with Crippen molar-refractivity contribution in [2.45, 2.75) is 26.7 Å². The minimum absolute atomic E-state index is 0.560. The fraction of sp³-hybridized carbons (Fsp3) is 0.389. The molecule has 1 aromatic carbocycles. The van der Waals surface area contributed by atoms with Gasteiger partial charge < -0.3 is 15.6 Å². The number of hydrogen-bond donors (Lipinski definition) is 3. The fourth-order valence-electron chi connectivity index (χ4n) is 2.60. The van der Waals surface area contributed by atoms with Gasteiger partial charge in [-0.25, -0.2) is 0 Å². The van der Waals surface area contributed by atoms with E-state index in [1.54, 1.807) is 6.20 Å². The van der Waals surface area contributed by atoms with Crippen LogP contribution in [0.25, 0.3) is 10.9 Å². The van der Waals surface area contributed by atoms with Crippen molar-refractivity contribution in [2.24, 2.45) is 5.92 Å². The van der Waals surface area contributed by atoms with Gasteiger partial charge in [0.15, 0.2) is 0 Å². The average molecular weight is 324 g/mol. The Hall–Kier alpha value is -2.63. The molecule has 6 heteroatoms. The molecule has 0 radical (unpaired) electrons. The van der Waals surface area contributed by atoms with Crippen LogP contribution in [0.5, 0.6) is 0 Å². The maximum Gasteiger partial charge on any atom is 0.244 e. The van der Waals surface area contributed by atoms with E-state index in [-0.39, 0.29) is 0 Å². The third-order valence-electron chi connectivity index (χ3n) is 3.94. The van der Waals surface area contributed by atoms with E-state index in [1.807, 2.05) is 6.07 Å². The van der Waals surface area contributed by atoms with Crippen LogP contribution in [0.4, 0.5) is 11.8 Å². The Labute approximate surface area is 142 Å². The first kappa shape index (κ1) is 16.2. The van der Waals surface area contributed by atoms with E-state index in [1.165, 1.54) is 16.5 Å². The summed E-state index contributed by atoms with van der Waals surface area (Å²) in [6, 6.07) is 8.33. The number of nitrogens with zero attached hydrogens (tertiary/aromatic N) is 3. The van der Waals surface area contributed by atoms with Gasteiger partial charge >= 0.3 is 0 Å². The lowest BCUT2D eigenvalue weighted by Gasteiger charge is -2.08. The number of nitrogens with one attached hydrogen (secondary N) is 3. The molecular weight excluding hydrogens is 300 g/mol. The largest absolute Gasteiger partial charge is 0.369 e. The summed E-state index contributed by atoms with van der Waals surface area (Å²) in [5, 5.41) is 15.8. The third kappa shape index (κ3) is 4.22. The number of aromatic nitrogens is 4. The number of rotatable bonds is 8. The normalized spacial score (nSPS) is 11.1. The summed E-state index contributed by atoms with van der Waals surface area (Å²) in [6.45, 7) is 6.07. The summed E-state index contributed by atoms with van der Waals surface area (Å²) >= 11 is 0. The summed E-state index contributed by atoms with van der Waals surface area (Å²) in [4.78, 5) is 7.74. The molecule has 6 nitrogen and oxygen atoms in total. The molecule has 0 aliphatic rings. The average Bonchev–Trinajstić information content (AvgIpc) is 2.98. The molecule has 0 bridgehead atoms. The highest BCUT2D eigenvalue weighted by atomic mass is 15.3. The first-order valence-electron chi connectivity index (χ1n) is 8.45. The fourth-order valence-corrected chi connectivity index (χ4v) is 2.60. The second-order valence-corrected chi connectivity index (χ2v) is 6.31. The van der Waals surface area contributed by atoms with Crippen LogP contribution in [0.3, 0.4) is 0 Å². The van der Waals surface area contributed by atoms with Crippen LogP contribution in [0.15, 0.2) is 36.7 Å². The van der Waals surface area contributed by atoms with E-state index >= 15 is 0 Å². The minimum Gasteiger partial charge on any atom is -0.369 e. The van der Waals surface area contributed by atoms with Crippen LogP contribution in [0, 0.1) is 5.92 Å². The monoisotopic (exact) mass is 324 g/mol. The van der Waals surface area contributed by atoms with E-state index in [9.17, 15) is 0 Å². The van der Waals surface area contributed by atoms with Crippen molar-refractivity contribution in [3.63, 3.8) is 0 Å². The summed E-state index contributed by atoms with van der Waals surface area (Å²) in [5.74, 6) is 1.99. The standard InChI is InChI=1S/C18H24N6/c1-13(2)7-9-19-17-12-22-24-18(23-17)20-10-8-14-11-21-16-6-4-3-5-15(14)16/h3-6,11-13,21H,7-10H2,1-2H3,(H2,19,20,23,24). The molecule has 3 N–H and O–H groups in total. The number of aromatic amines is 1. The molecule has 0 atom stereocenters. The van der Waals surface area contributed by atoms with Gasteiger partial charge in [-0.2, -0.15) is 10.1 Å². The Morgan fingerprint density at radius 2 is 2.00 bits per heavy atom. The van der Waals surface area contributed by atoms with Crippen molar-refractivity contribution < 1.29 is 0 Å². The van der Waals surface area contributed by atoms with Crippen molar-refractivity contribution in [1.29, 1.82) is 0 Å². The summed E-state index contributed by atoms with van der Waals surface area (Å²) in [7, 11) is 0. The van der Waals surface area contributed by atoms with E-state index in [0.29, 0.717) is 11.9 Å². The van der Waals surface area contributed by atoms with Gasteiger partial charge in [-0.3, -0.25) is 0 Å². The molecule has 0 amide bonds. The zero-order chi connectivity index (χ0) is 16.8. The van der Waals surface area contributed by atoms with Crippen LogP contribution in [-0.2, 0) is 6.42 Å². The number of H-pyrrole nitrogens is 1. The predicted octanol–water partition coefficient (Wildman–Crippen LogP) is 3.47. The highest BCUT2D eigenvalue weighted by Gasteiger charge is 2.04. The topological polar surface area (TPSA) is 78.5 Å². The lowest BCUT2D eigenvalue weighted by Crippen LogP contribution is -2.11. The lowest BCUT2D eigenvalue weighted by molar-refractivity contribution is 0.606. The first-order valence-corrected chi connectivity index (χ1v) is 8.45. The van der Waals surface area contributed by atoms with Gasteiger partial charge in [0.2, 0.25) is 5.95 Å². The molecule has 0 spiro atoms. The maximum atomic E-state index is 4.45. The van der Waals surface area contributed by atoms with Crippen LogP contribution in [-0.4, -0.2) is 33.3 Å². The highest BCUT2D eigenvalue weighted by molar-refractivity contribution is 5.83. The quantitative estimate of drug-likeness (QED) is 0.591. The predicted molar refractivity (Wildman–Crippen MR) is 98.3 cm³/mol. The molecule has 0 fully saturated rings. The summed E-state index contributed by atoms with van der Waals surface area (Å²) in [5.41, 5.74) is 2.46. The maximum absolute atomic E-state index is 4.45. The van der Waals surface area contributed by atoms with Crippen LogP contribution < -0.4 is 10.6 Å². The molecule has 3 rings (SSSR count). The second kappa shape index (κ2) is 7.77. The van der Waals surface area contributed by atoms with Gasteiger partial charge in [0.25, 0.3) is 0 Å². The molecule has 2 aromatic heterocycles. The van der Waals surface area contributed by atoms with Gasteiger partial charge in [-0.1, -0.05) is 32.0 Å². The Kier molecular flexibility index (Phi) is 5.25. The summed E-state index contributed by atoms with van der Waals surface area (Å²) in [6.07, 6.45) is 5.73. The zero-order valence-corrected chi connectivity index (χ0v) is 14.2. The van der Waals surface area contributed by atoms with Crippen molar-refractivity contribution in [3.05, 3.63) is 42.2 Å². The van der Waals surface area contributed by atoms with E-state index in [2.05, 4.69) is 69.0 Å². The van der Waals surface area contributed by atoms with Crippen molar-refractivity contribution in [1.82, 2.24) is 20.2 Å². The molecule has 2 heterocycles. The van der Waals surface area contributed by atoms with Crippen LogP contribution in [0.2, 0.25) is 0 Å². The number of benzene rings is 1. The molecule has 0 saturated heterocycles. The van der Waals surface area contributed by atoms with Gasteiger partial charge in [0, 0.05) is 30.2 Å². The molecule has 126 valence electrons. The van der Waals surface area contributed by atoms with Gasteiger partial charge in [-0.15, -0.1) is 5.10 Å². The van der Waals surface area contributed by atoms with Crippen LogP contribution >= 0.6 is 0 Å². The second-order valence-electron chi connectivity index (χ2n) is 6.31. The van der Waals surface area contributed by atoms with Gasteiger partial charge in [-0.05, 0) is 30.4 Å². The van der Waals surface area contributed by atoms with Crippen molar-refractivity contribution in [3.8, 4) is 0 Å². The molecule has 0 saturated carbocycles. The van der Waals surface area contributed by atoms with Gasteiger partial charge in [0.05, 0.1) is 6.20 Å². The first-order chi connectivity index (χ1) is 11.7. The van der Waals surface area contributed by atoms with Crippen molar-refractivity contribution >= 4 is 22.7 Å². The molecule has 0 unspecified atom stereocenters. The van der Waals surface area contributed by atoms with Crippen LogP contribution in [0.1, 0.15) is 25.8 Å². The third-order valence-corrected chi connectivity index (χ3v) is 3.94. The highest BCUT2D eigenvalue weighted by Crippen LogP contribution is 2.18. The molecule has 24 heavy (non-hydrogen) atoms. The Morgan fingerprint density at radius 1 is 1.12 bits per heavy atom. The molecule has 0 aliphatic heterocycles. The Bertz CT molecular complexity index is 780. The van der Waals surface area contributed by atoms with E-state index in [4.69, 9.17) is 0 Å². The zero-order valence-electron chi connectivity index (χ0n) is 14.2. The molecule has 3 aromatic rings. The number of anilines is 2. The minimum atomic E-state index is 0.560. The Balaban J connectivity index is 1.53. The lowest BCUT2D eigenvalue weighted by atomic mass is 10.1. The number of para-hydroxylation sites is 1. The number of hydrogen-bond acceptors (Lipinski definition) is 5. The van der Waals surface area contributed by atoms with Crippen molar-refractivity contribution in [2.75, 3.05) is 23.7 Å². The molecular formula is C18H24N6. The molecule has 0 aliphatic carbocycles. The smallest absolute Gasteiger partial charge is 0.244 e. The number of fused-ring (bicyclic) bond motifs is 1. The Morgan fingerprint density at radius 3 is 2.88 bits per heavy atom. The summed E-state index contributed by atoms with van der Waals surface area (Å²) < 4.78 is 0. The van der Waals surface area contributed by atoms with E-state index < -0.39 is 0 Å². The van der Waals surface area contributed by atoms with Gasteiger partial charge in [0.1, 0.15) is 5.82 Å².